The van der Waals surface area contributed by atoms with E-state index in [1.165, 1.54) is 0 Å². The van der Waals surface area contributed by atoms with E-state index in [0.29, 0.717) is 6.42 Å². The average molecular weight is 399 g/mol. The number of aromatic amines is 1. The maximum absolute atomic E-state index is 4.67. The summed E-state index contributed by atoms with van der Waals surface area (Å²) in [4.78, 5) is 13.5. The first-order chi connectivity index (χ1) is 14.6. The van der Waals surface area contributed by atoms with Gasteiger partial charge in [0.15, 0.2) is 0 Å². The third kappa shape index (κ3) is 4.76. The Labute approximate surface area is 177 Å². The highest BCUT2D eigenvalue weighted by Crippen LogP contribution is 2.20. The van der Waals surface area contributed by atoms with E-state index >= 15 is 0 Å². The first-order valence-electron chi connectivity index (χ1n) is 10.1. The van der Waals surface area contributed by atoms with E-state index < -0.39 is 0 Å². The lowest BCUT2D eigenvalue weighted by atomic mass is 10.0. The van der Waals surface area contributed by atoms with Crippen molar-refractivity contribution in [1.29, 1.82) is 0 Å². The minimum absolute atomic E-state index is 0.693. The van der Waals surface area contributed by atoms with Gasteiger partial charge in [-0.3, -0.25) is 10.1 Å². The Morgan fingerprint density at radius 3 is 2.67 bits per heavy atom. The number of H-pyrrole nitrogens is 1. The summed E-state index contributed by atoms with van der Waals surface area (Å²) in [6.07, 6.45) is 7.96. The van der Waals surface area contributed by atoms with Crippen LogP contribution in [-0.4, -0.2) is 58.3 Å². The molecule has 4 rings (SSSR count). The summed E-state index contributed by atoms with van der Waals surface area (Å²) in [5.74, 6) is 7.39. The van der Waals surface area contributed by atoms with Crippen molar-refractivity contribution >= 4 is 11.4 Å². The van der Waals surface area contributed by atoms with E-state index in [-0.39, 0.29) is 0 Å². The van der Waals surface area contributed by atoms with E-state index in [1.54, 1.807) is 12.4 Å². The molecule has 6 nitrogen and oxygen atoms in total. The van der Waals surface area contributed by atoms with Crippen molar-refractivity contribution in [2.24, 2.45) is 0 Å². The monoisotopic (exact) mass is 398 g/mol. The number of hydrogen-bond acceptors (Lipinski definition) is 5. The quantitative estimate of drug-likeness (QED) is 0.685. The molecule has 1 fully saturated rings. The average Bonchev–Trinajstić information content (AvgIpc) is 3.22. The topological polar surface area (TPSA) is 60.9 Å². The van der Waals surface area contributed by atoms with E-state index in [0.717, 1.165) is 65.5 Å². The zero-order chi connectivity index (χ0) is 20.9. The zero-order valence-corrected chi connectivity index (χ0v) is 17.5. The van der Waals surface area contributed by atoms with Gasteiger partial charge in [-0.1, -0.05) is 24.5 Å². The number of likely N-dealkylation sites (N-methyl/N-ethyl adjacent to an activating group) is 1. The number of piperazine rings is 1. The van der Waals surface area contributed by atoms with Crippen LogP contribution in [0.2, 0.25) is 0 Å². The second-order valence-electron chi connectivity index (χ2n) is 7.75. The molecule has 3 aromatic heterocycles. The van der Waals surface area contributed by atoms with Crippen LogP contribution in [0.1, 0.15) is 27.9 Å². The van der Waals surface area contributed by atoms with E-state index in [4.69, 9.17) is 0 Å². The fourth-order valence-corrected chi connectivity index (χ4v) is 3.49. The Morgan fingerprint density at radius 2 is 1.93 bits per heavy atom. The number of aromatic nitrogens is 4. The number of nitrogens with zero attached hydrogens (tertiary/aromatic N) is 5. The predicted octanol–water partition coefficient (Wildman–Crippen LogP) is 2.92. The summed E-state index contributed by atoms with van der Waals surface area (Å²) in [5, 5.41) is 7.21. The summed E-state index contributed by atoms with van der Waals surface area (Å²) in [6, 6.07) is 6.25. The van der Waals surface area contributed by atoms with Gasteiger partial charge >= 0.3 is 0 Å². The van der Waals surface area contributed by atoms with Gasteiger partial charge in [-0.15, -0.1) is 0 Å². The molecule has 152 valence electrons. The molecule has 0 spiro atoms. The molecule has 1 N–H and O–H groups in total. The number of rotatable bonds is 4. The van der Waals surface area contributed by atoms with Crippen LogP contribution in [0, 0.1) is 18.8 Å². The highest BCUT2D eigenvalue weighted by atomic mass is 15.3. The molecule has 0 amide bonds. The highest BCUT2D eigenvalue weighted by Gasteiger charge is 2.15. The van der Waals surface area contributed by atoms with Crippen molar-refractivity contribution in [3.8, 4) is 11.8 Å². The minimum atomic E-state index is 0.693. The molecule has 0 unspecified atom stereocenters. The second-order valence-corrected chi connectivity index (χ2v) is 7.75. The van der Waals surface area contributed by atoms with Crippen LogP contribution < -0.4 is 4.90 Å². The van der Waals surface area contributed by atoms with Crippen molar-refractivity contribution < 1.29 is 0 Å². The Hall–Kier alpha value is -3.43. The SMILES string of the molecule is C=C(Cc1ccc(N2CCN(C)CC2)nc1)c1[nH]ncc1C#Cc1cncc(C)c1. The van der Waals surface area contributed by atoms with Crippen LogP contribution in [0.3, 0.4) is 0 Å². The van der Waals surface area contributed by atoms with Crippen LogP contribution in [0.25, 0.3) is 5.57 Å². The van der Waals surface area contributed by atoms with Gasteiger partial charge in [-0.25, -0.2) is 4.98 Å². The van der Waals surface area contributed by atoms with Crippen LogP contribution in [0.5, 0.6) is 0 Å². The van der Waals surface area contributed by atoms with E-state index in [9.17, 15) is 0 Å². The third-order valence-electron chi connectivity index (χ3n) is 5.26. The van der Waals surface area contributed by atoms with Crippen molar-refractivity contribution in [2.75, 3.05) is 38.1 Å². The van der Waals surface area contributed by atoms with Crippen LogP contribution in [0.15, 0.2) is 49.6 Å². The normalized spacial score (nSPS) is 14.3. The number of allylic oxidation sites excluding steroid dienone is 1. The van der Waals surface area contributed by atoms with Crippen LogP contribution >= 0.6 is 0 Å². The van der Waals surface area contributed by atoms with Crippen molar-refractivity contribution in [1.82, 2.24) is 25.1 Å². The van der Waals surface area contributed by atoms with Crippen molar-refractivity contribution in [3.05, 3.63) is 77.5 Å². The van der Waals surface area contributed by atoms with E-state index in [2.05, 4.69) is 67.6 Å². The molecular weight excluding hydrogens is 372 g/mol. The maximum atomic E-state index is 4.67. The van der Waals surface area contributed by atoms with Crippen LogP contribution in [-0.2, 0) is 6.42 Å². The van der Waals surface area contributed by atoms with E-state index in [1.807, 2.05) is 25.4 Å². The molecule has 0 aliphatic carbocycles. The van der Waals surface area contributed by atoms with Gasteiger partial charge in [0.2, 0.25) is 0 Å². The number of pyridine rings is 2. The number of anilines is 1. The molecule has 6 heteroatoms. The first kappa shape index (κ1) is 19.9. The number of aryl methyl sites for hydroxylation is 1. The van der Waals surface area contributed by atoms with Gasteiger partial charge in [0.1, 0.15) is 5.82 Å². The summed E-state index contributed by atoms with van der Waals surface area (Å²) in [6.45, 7) is 10.4. The number of nitrogens with one attached hydrogen (secondary N) is 1. The molecule has 1 saturated heterocycles. The fourth-order valence-electron chi connectivity index (χ4n) is 3.49. The van der Waals surface area contributed by atoms with Crippen LogP contribution in [0.4, 0.5) is 5.82 Å². The molecule has 1 aliphatic heterocycles. The molecule has 0 saturated carbocycles. The lowest BCUT2D eigenvalue weighted by molar-refractivity contribution is 0.312. The minimum Gasteiger partial charge on any atom is -0.354 e. The molecule has 30 heavy (non-hydrogen) atoms. The molecule has 4 heterocycles. The largest absolute Gasteiger partial charge is 0.354 e. The summed E-state index contributed by atoms with van der Waals surface area (Å²) in [5.41, 5.74) is 5.74. The Bertz CT molecular complexity index is 1080. The first-order valence-corrected chi connectivity index (χ1v) is 10.1. The molecule has 0 bridgehead atoms. The molecule has 0 aromatic carbocycles. The van der Waals surface area contributed by atoms with Gasteiger partial charge in [0.05, 0.1) is 17.5 Å². The van der Waals surface area contributed by atoms with Gasteiger partial charge in [0, 0.05) is 56.8 Å². The maximum Gasteiger partial charge on any atom is 0.128 e. The second kappa shape index (κ2) is 8.93. The Kier molecular flexibility index (Phi) is 5.92. The third-order valence-corrected chi connectivity index (χ3v) is 5.26. The van der Waals surface area contributed by atoms with Gasteiger partial charge < -0.3 is 9.80 Å². The Balaban J connectivity index is 1.43. The molecular formula is C24H26N6. The molecule has 0 radical (unpaired) electrons. The number of hydrogen-bond donors (Lipinski definition) is 1. The van der Waals surface area contributed by atoms with Crippen molar-refractivity contribution in [2.45, 2.75) is 13.3 Å². The van der Waals surface area contributed by atoms with Gasteiger partial charge in [0.25, 0.3) is 0 Å². The zero-order valence-electron chi connectivity index (χ0n) is 17.5. The summed E-state index contributed by atoms with van der Waals surface area (Å²) < 4.78 is 0. The molecule has 0 atom stereocenters. The van der Waals surface area contributed by atoms with Gasteiger partial charge in [-0.2, -0.15) is 5.10 Å². The molecule has 3 aromatic rings. The Morgan fingerprint density at radius 1 is 1.10 bits per heavy atom. The lowest BCUT2D eigenvalue weighted by Crippen LogP contribution is -2.44. The summed E-state index contributed by atoms with van der Waals surface area (Å²) >= 11 is 0. The highest BCUT2D eigenvalue weighted by molar-refractivity contribution is 5.68. The summed E-state index contributed by atoms with van der Waals surface area (Å²) in [7, 11) is 2.16. The lowest BCUT2D eigenvalue weighted by Gasteiger charge is -2.33. The fraction of sp³-hybridized carbons (Fsp3) is 0.292. The molecule has 1 aliphatic rings. The van der Waals surface area contributed by atoms with Gasteiger partial charge in [-0.05, 0) is 42.8 Å². The van der Waals surface area contributed by atoms with Crippen molar-refractivity contribution in [3.63, 3.8) is 0 Å². The standard InChI is InChI=1S/C24H26N6/c1-18-12-20(15-25-14-18)4-6-22-17-27-28-24(22)19(2)13-21-5-7-23(26-16-21)30-10-8-29(3)9-11-30/h5,7,12,14-17H,2,8-11,13H2,1,3H3,(H,27,28). The smallest absolute Gasteiger partial charge is 0.128 e. The predicted molar refractivity (Wildman–Crippen MR) is 120 cm³/mol.